The highest BCUT2D eigenvalue weighted by Crippen LogP contribution is 2.62. The summed E-state index contributed by atoms with van der Waals surface area (Å²) in [5, 5.41) is 0. The van der Waals surface area contributed by atoms with Gasteiger partial charge in [0.15, 0.2) is 0 Å². The van der Waals surface area contributed by atoms with Crippen LogP contribution in [0, 0.1) is 0 Å². The van der Waals surface area contributed by atoms with E-state index in [2.05, 4.69) is 12.6 Å². The third-order valence-electron chi connectivity index (χ3n) is 4.79. The van der Waals surface area contributed by atoms with E-state index in [9.17, 15) is 65.9 Å². The summed E-state index contributed by atoms with van der Waals surface area (Å²) in [7, 11) is 0. The van der Waals surface area contributed by atoms with Gasteiger partial charge in [0.1, 0.15) is 0 Å². The van der Waals surface area contributed by atoms with E-state index in [4.69, 9.17) is 0 Å². The van der Waals surface area contributed by atoms with Crippen molar-refractivity contribution >= 4 is 12.6 Å². The number of rotatable bonds is 15. The third kappa shape index (κ3) is 6.30. The Morgan fingerprint density at radius 2 is 0.667 bits per heavy atom. The van der Waals surface area contributed by atoms with Crippen molar-refractivity contribution in [2.75, 3.05) is 5.75 Å². The first kappa shape index (κ1) is 32.3. The molecule has 0 nitrogen and oxygen atoms in total. The lowest BCUT2D eigenvalue weighted by Gasteiger charge is -2.41. The molecule has 200 valence electrons. The van der Waals surface area contributed by atoms with Gasteiger partial charge in [-0.2, -0.15) is 78.5 Å². The second kappa shape index (κ2) is 10.9. The molecule has 0 aromatic heterocycles. The summed E-state index contributed by atoms with van der Waals surface area (Å²) in [6.07, 6.45) is -7.55. The number of unbranched alkanes of at least 4 members (excludes halogenated alkanes) is 7. The average molecular weight is 542 g/mol. The molecule has 0 rings (SSSR count). The van der Waals surface area contributed by atoms with Gasteiger partial charge in [-0.3, -0.25) is 0 Å². The number of halogens is 15. The molecule has 33 heavy (non-hydrogen) atoms. The largest absolute Gasteiger partial charge is 0.460 e. The topological polar surface area (TPSA) is 0 Å². The second-order valence-electron chi connectivity index (χ2n) is 7.38. The Bertz CT molecular complexity index is 598. The van der Waals surface area contributed by atoms with Crippen molar-refractivity contribution in [1.82, 2.24) is 0 Å². The Morgan fingerprint density at radius 3 is 1.03 bits per heavy atom. The Balaban J connectivity index is 5.41. The van der Waals surface area contributed by atoms with Crippen LogP contribution in [-0.2, 0) is 0 Å². The van der Waals surface area contributed by atoms with Crippen molar-refractivity contribution in [2.24, 2.45) is 0 Å². The molecule has 0 spiro atoms. The molecule has 0 radical (unpaired) electrons. The maximum absolute atomic E-state index is 13.6. The van der Waals surface area contributed by atoms with Crippen molar-refractivity contribution in [3.63, 3.8) is 0 Å². The van der Waals surface area contributed by atoms with E-state index in [1.165, 1.54) is 0 Å². The molecule has 0 bridgehead atoms. The monoisotopic (exact) mass is 542 g/mol. The van der Waals surface area contributed by atoms with Crippen LogP contribution in [0.3, 0.4) is 0 Å². The SMILES string of the molecule is FC(F)(F)C(F)(F)C(F)(F)C(F)(F)C(F)(F)C(F)(F)C(F)(F)CCCCCCCCCCS. The summed E-state index contributed by atoms with van der Waals surface area (Å²) >= 11 is 3.96. The van der Waals surface area contributed by atoms with E-state index in [1.54, 1.807) is 0 Å². The summed E-state index contributed by atoms with van der Waals surface area (Å²) in [4.78, 5) is 0. The van der Waals surface area contributed by atoms with Crippen LogP contribution < -0.4 is 0 Å². The molecule has 0 aliphatic carbocycles. The zero-order valence-corrected chi connectivity index (χ0v) is 17.6. The number of hydrogen-bond acceptors (Lipinski definition) is 1. The van der Waals surface area contributed by atoms with Gasteiger partial charge in [-0.25, -0.2) is 0 Å². The van der Waals surface area contributed by atoms with Gasteiger partial charge >= 0.3 is 41.7 Å². The predicted molar refractivity (Wildman–Crippen MR) is 91.1 cm³/mol. The Labute approximate surface area is 184 Å². The molecule has 0 atom stereocenters. The van der Waals surface area contributed by atoms with Crippen molar-refractivity contribution < 1.29 is 65.9 Å². The molecule has 0 aromatic rings. The van der Waals surface area contributed by atoms with Gasteiger partial charge < -0.3 is 0 Å². The van der Waals surface area contributed by atoms with E-state index >= 15 is 0 Å². The molecule has 0 aromatic carbocycles. The lowest BCUT2D eigenvalue weighted by molar-refractivity contribution is -0.452. The van der Waals surface area contributed by atoms with Gasteiger partial charge in [0.05, 0.1) is 0 Å². The highest BCUT2D eigenvalue weighted by atomic mass is 32.1. The molecule has 0 amide bonds. The fourth-order valence-corrected chi connectivity index (χ4v) is 2.90. The standard InChI is InChI=1S/C17H21F15S/c18-11(19,9-7-5-3-1-2-4-6-8-10-33)12(20,21)13(22,23)14(24,25)15(26,27)16(28,29)17(30,31)32/h33H,1-10H2. The molecule has 0 aliphatic rings. The number of thiol groups is 1. The molecular formula is C17H21F15S. The molecule has 0 aliphatic heterocycles. The van der Waals surface area contributed by atoms with Gasteiger partial charge in [-0.15, -0.1) is 0 Å². The molecule has 0 fully saturated rings. The van der Waals surface area contributed by atoms with Gasteiger partial charge in [0, 0.05) is 6.42 Å². The smallest absolute Gasteiger partial charge is 0.200 e. The minimum atomic E-state index is -8.21. The average Bonchev–Trinajstić information content (AvgIpc) is 2.64. The number of alkyl halides is 15. The minimum Gasteiger partial charge on any atom is -0.200 e. The van der Waals surface area contributed by atoms with Crippen LogP contribution in [0.4, 0.5) is 65.9 Å². The Kier molecular flexibility index (Phi) is 10.7. The van der Waals surface area contributed by atoms with E-state index in [0.717, 1.165) is 19.3 Å². The highest BCUT2D eigenvalue weighted by molar-refractivity contribution is 7.80. The summed E-state index contributed by atoms with van der Waals surface area (Å²) in [5.41, 5.74) is 0. The van der Waals surface area contributed by atoms with Gasteiger partial charge in [0.2, 0.25) is 0 Å². The van der Waals surface area contributed by atoms with Gasteiger partial charge in [0.25, 0.3) is 0 Å². The van der Waals surface area contributed by atoms with Crippen molar-refractivity contribution in [1.29, 1.82) is 0 Å². The molecule has 16 heteroatoms. The summed E-state index contributed by atoms with van der Waals surface area (Å²) in [5.74, 6) is -45.2. The molecule has 0 saturated heterocycles. The highest BCUT2D eigenvalue weighted by Gasteiger charge is 2.93. The molecule has 0 saturated carbocycles. The Hall–Kier alpha value is -0.700. The van der Waals surface area contributed by atoms with Crippen molar-refractivity contribution in [2.45, 2.75) is 99.5 Å². The molecular weight excluding hydrogens is 521 g/mol. The van der Waals surface area contributed by atoms with E-state index < -0.39 is 54.6 Å². The summed E-state index contributed by atoms with van der Waals surface area (Å²) in [6, 6.07) is 0. The van der Waals surface area contributed by atoms with E-state index in [-0.39, 0.29) is 12.8 Å². The molecule has 0 N–H and O–H groups in total. The fourth-order valence-electron chi connectivity index (χ4n) is 2.68. The summed E-state index contributed by atoms with van der Waals surface area (Å²) < 4.78 is 196. The number of hydrogen-bond donors (Lipinski definition) is 1. The van der Waals surface area contributed by atoms with Gasteiger partial charge in [-0.05, 0) is 18.6 Å². The first-order valence-electron chi connectivity index (χ1n) is 9.50. The van der Waals surface area contributed by atoms with Crippen LogP contribution in [0.1, 0.15) is 57.8 Å². The predicted octanol–water partition coefficient (Wildman–Crippen LogP) is 8.80. The van der Waals surface area contributed by atoms with Gasteiger partial charge in [-0.1, -0.05) is 38.5 Å². The van der Waals surface area contributed by atoms with Crippen LogP contribution in [0.2, 0.25) is 0 Å². The van der Waals surface area contributed by atoms with E-state index in [0.29, 0.717) is 18.6 Å². The van der Waals surface area contributed by atoms with Crippen LogP contribution >= 0.6 is 12.6 Å². The fraction of sp³-hybridized carbons (Fsp3) is 1.00. The van der Waals surface area contributed by atoms with E-state index in [1.807, 2.05) is 0 Å². The minimum absolute atomic E-state index is 0.144. The normalized spacial score (nSPS) is 15.3. The van der Waals surface area contributed by atoms with Crippen LogP contribution in [0.25, 0.3) is 0 Å². The lowest BCUT2D eigenvalue weighted by Crippen LogP contribution is -2.72. The Morgan fingerprint density at radius 1 is 0.364 bits per heavy atom. The molecule has 0 unspecified atom stereocenters. The maximum atomic E-state index is 13.6. The van der Waals surface area contributed by atoms with Crippen LogP contribution in [-0.4, -0.2) is 47.5 Å². The lowest BCUT2D eigenvalue weighted by atomic mass is 9.89. The van der Waals surface area contributed by atoms with Crippen LogP contribution in [0.5, 0.6) is 0 Å². The van der Waals surface area contributed by atoms with Crippen molar-refractivity contribution in [3.05, 3.63) is 0 Å². The third-order valence-corrected chi connectivity index (χ3v) is 5.11. The zero-order chi connectivity index (χ0) is 26.6. The maximum Gasteiger partial charge on any atom is 0.460 e. The van der Waals surface area contributed by atoms with Crippen LogP contribution in [0.15, 0.2) is 0 Å². The van der Waals surface area contributed by atoms with Crippen molar-refractivity contribution in [3.8, 4) is 0 Å². The molecule has 0 heterocycles. The first-order valence-corrected chi connectivity index (χ1v) is 10.1. The summed E-state index contributed by atoms with van der Waals surface area (Å²) in [6.45, 7) is 0. The quantitative estimate of drug-likeness (QED) is 0.119. The zero-order valence-electron chi connectivity index (χ0n) is 16.7. The second-order valence-corrected chi connectivity index (χ2v) is 7.82. The first-order chi connectivity index (χ1) is 14.6.